The van der Waals surface area contributed by atoms with Crippen molar-refractivity contribution in [3.63, 3.8) is 0 Å². The number of nitro groups is 1. The van der Waals surface area contributed by atoms with E-state index in [1.54, 1.807) is 18.3 Å². The quantitative estimate of drug-likeness (QED) is 0.639. The fraction of sp³-hybridized carbons (Fsp3) is 0.462. The number of fused-ring (bicyclic) bond motifs is 1. The van der Waals surface area contributed by atoms with Crippen molar-refractivity contribution in [3.05, 3.63) is 34.5 Å². The van der Waals surface area contributed by atoms with Crippen molar-refractivity contribution >= 4 is 16.6 Å². The molecule has 0 bridgehead atoms. The molecular weight excluding hydrogens is 244 g/mol. The highest BCUT2D eigenvalue weighted by atomic mass is 16.6. The van der Waals surface area contributed by atoms with Crippen LogP contribution >= 0.6 is 0 Å². The number of hydrogen-bond acceptors (Lipinski definition) is 4. The maximum Gasteiger partial charge on any atom is 0.271 e. The SMILES string of the molecule is CCNCC(C)Cn1ncc2ccc([N+](=O)[O-])cc21. The van der Waals surface area contributed by atoms with Gasteiger partial charge in [-0.3, -0.25) is 14.8 Å². The number of rotatable bonds is 6. The molecule has 0 radical (unpaired) electrons. The Balaban J connectivity index is 2.23. The van der Waals surface area contributed by atoms with Crippen LogP contribution in [0.2, 0.25) is 0 Å². The van der Waals surface area contributed by atoms with Crippen molar-refractivity contribution in [1.29, 1.82) is 0 Å². The second-order valence-corrected chi connectivity index (χ2v) is 4.74. The predicted octanol–water partition coefficient (Wildman–Crippen LogP) is 2.19. The smallest absolute Gasteiger partial charge is 0.271 e. The Kier molecular flexibility index (Phi) is 4.11. The molecule has 0 aliphatic carbocycles. The Bertz CT molecular complexity index is 579. The van der Waals surface area contributed by atoms with E-state index in [0.29, 0.717) is 5.92 Å². The molecule has 0 saturated carbocycles. The third-order valence-corrected chi connectivity index (χ3v) is 3.07. The highest BCUT2D eigenvalue weighted by Crippen LogP contribution is 2.21. The molecule has 19 heavy (non-hydrogen) atoms. The lowest BCUT2D eigenvalue weighted by Gasteiger charge is -2.12. The van der Waals surface area contributed by atoms with Crippen LogP contribution < -0.4 is 5.32 Å². The number of hydrogen-bond donors (Lipinski definition) is 1. The highest BCUT2D eigenvalue weighted by Gasteiger charge is 2.11. The van der Waals surface area contributed by atoms with Gasteiger partial charge in [-0.1, -0.05) is 13.8 Å². The Morgan fingerprint density at radius 3 is 3.00 bits per heavy atom. The first-order valence-corrected chi connectivity index (χ1v) is 6.42. The Labute approximate surface area is 111 Å². The van der Waals surface area contributed by atoms with E-state index in [9.17, 15) is 10.1 Å². The van der Waals surface area contributed by atoms with Crippen LogP contribution in [0.25, 0.3) is 10.9 Å². The average Bonchev–Trinajstić information content (AvgIpc) is 2.78. The van der Waals surface area contributed by atoms with Gasteiger partial charge in [-0.05, 0) is 25.1 Å². The van der Waals surface area contributed by atoms with Gasteiger partial charge in [0.2, 0.25) is 0 Å². The lowest BCUT2D eigenvalue weighted by molar-refractivity contribution is -0.384. The molecule has 6 nitrogen and oxygen atoms in total. The van der Waals surface area contributed by atoms with Crippen LogP contribution in [0, 0.1) is 16.0 Å². The molecule has 0 fully saturated rings. The van der Waals surface area contributed by atoms with Crippen molar-refractivity contribution in [1.82, 2.24) is 15.1 Å². The van der Waals surface area contributed by atoms with Crippen molar-refractivity contribution < 1.29 is 4.92 Å². The van der Waals surface area contributed by atoms with E-state index in [-0.39, 0.29) is 10.6 Å². The minimum Gasteiger partial charge on any atom is -0.317 e. The van der Waals surface area contributed by atoms with E-state index >= 15 is 0 Å². The number of nitrogens with zero attached hydrogens (tertiary/aromatic N) is 3. The van der Waals surface area contributed by atoms with Gasteiger partial charge in [-0.25, -0.2) is 0 Å². The summed E-state index contributed by atoms with van der Waals surface area (Å²) in [4.78, 5) is 10.4. The first-order valence-electron chi connectivity index (χ1n) is 6.42. The Morgan fingerprint density at radius 2 is 2.32 bits per heavy atom. The maximum atomic E-state index is 10.8. The lowest BCUT2D eigenvalue weighted by Crippen LogP contribution is -2.24. The van der Waals surface area contributed by atoms with E-state index in [4.69, 9.17) is 0 Å². The molecule has 0 aliphatic heterocycles. The molecule has 0 saturated heterocycles. The third-order valence-electron chi connectivity index (χ3n) is 3.07. The summed E-state index contributed by atoms with van der Waals surface area (Å²) in [6.07, 6.45) is 1.75. The van der Waals surface area contributed by atoms with Crippen LogP contribution in [0.5, 0.6) is 0 Å². The van der Waals surface area contributed by atoms with Crippen LogP contribution in [-0.2, 0) is 6.54 Å². The minimum atomic E-state index is -0.376. The summed E-state index contributed by atoms with van der Waals surface area (Å²) in [6, 6.07) is 4.84. The number of non-ortho nitro benzene ring substituents is 1. The summed E-state index contributed by atoms with van der Waals surface area (Å²) in [5.41, 5.74) is 0.922. The second kappa shape index (κ2) is 5.79. The van der Waals surface area contributed by atoms with Crippen LogP contribution in [0.4, 0.5) is 5.69 Å². The molecule has 102 valence electrons. The molecule has 1 heterocycles. The summed E-state index contributed by atoms with van der Waals surface area (Å²) in [5, 5.41) is 19.3. The van der Waals surface area contributed by atoms with Gasteiger partial charge in [0.1, 0.15) is 0 Å². The van der Waals surface area contributed by atoms with Crippen molar-refractivity contribution in [2.24, 2.45) is 5.92 Å². The standard InChI is InChI=1S/C13H18N4O2/c1-3-14-7-10(2)9-16-13-6-12(17(18)19)5-4-11(13)8-15-16/h4-6,8,10,14H,3,7,9H2,1-2H3. The number of nitro benzene ring substituents is 1. The minimum absolute atomic E-state index is 0.105. The van der Waals surface area contributed by atoms with E-state index in [0.717, 1.165) is 30.5 Å². The zero-order chi connectivity index (χ0) is 13.8. The van der Waals surface area contributed by atoms with Gasteiger partial charge in [0.25, 0.3) is 5.69 Å². The molecule has 6 heteroatoms. The monoisotopic (exact) mass is 262 g/mol. The van der Waals surface area contributed by atoms with Gasteiger partial charge >= 0.3 is 0 Å². The summed E-state index contributed by atoms with van der Waals surface area (Å²) in [6.45, 7) is 6.80. The molecule has 2 aromatic rings. The van der Waals surface area contributed by atoms with Gasteiger partial charge in [0, 0.05) is 24.1 Å². The van der Waals surface area contributed by atoms with E-state index < -0.39 is 0 Å². The number of nitrogens with one attached hydrogen (secondary N) is 1. The fourth-order valence-corrected chi connectivity index (χ4v) is 2.07. The number of benzene rings is 1. The summed E-state index contributed by atoms with van der Waals surface area (Å²) < 4.78 is 1.84. The van der Waals surface area contributed by atoms with Crippen LogP contribution in [0.1, 0.15) is 13.8 Å². The molecular formula is C13H18N4O2. The Morgan fingerprint density at radius 1 is 1.53 bits per heavy atom. The summed E-state index contributed by atoms with van der Waals surface area (Å²) in [7, 11) is 0. The third kappa shape index (κ3) is 3.08. The first kappa shape index (κ1) is 13.5. The topological polar surface area (TPSA) is 73.0 Å². The Hall–Kier alpha value is -1.95. The fourth-order valence-electron chi connectivity index (χ4n) is 2.07. The lowest BCUT2D eigenvalue weighted by atomic mass is 10.1. The molecule has 0 spiro atoms. The summed E-state index contributed by atoms with van der Waals surface area (Å²) in [5.74, 6) is 0.419. The molecule has 0 amide bonds. The van der Waals surface area contributed by atoms with Gasteiger partial charge in [0.05, 0.1) is 16.6 Å². The normalized spacial score (nSPS) is 12.7. The summed E-state index contributed by atoms with van der Waals surface area (Å²) >= 11 is 0. The van der Waals surface area contributed by atoms with Crippen LogP contribution in [0.3, 0.4) is 0 Å². The molecule has 1 N–H and O–H groups in total. The van der Waals surface area contributed by atoms with Crippen molar-refractivity contribution in [2.45, 2.75) is 20.4 Å². The average molecular weight is 262 g/mol. The molecule has 1 aromatic carbocycles. The molecule has 2 rings (SSSR count). The zero-order valence-electron chi connectivity index (χ0n) is 11.2. The van der Waals surface area contributed by atoms with E-state index in [1.165, 1.54) is 6.07 Å². The van der Waals surface area contributed by atoms with Crippen LogP contribution in [-0.4, -0.2) is 27.8 Å². The number of aromatic nitrogens is 2. The predicted molar refractivity (Wildman–Crippen MR) is 74.1 cm³/mol. The van der Waals surface area contributed by atoms with Gasteiger partial charge in [-0.15, -0.1) is 0 Å². The molecule has 1 unspecified atom stereocenters. The second-order valence-electron chi connectivity index (χ2n) is 4.74. The molecule has 1 atom stereocenters. The molecule has 1 aromatic heterocycles. The van der Waals surface area contributed by atoms with Crippen LogP contribution in [0.15, 0.2) is 24.4 Å². The highest BCUT2D eigenvalue weighted by molar-refractivity contribution is 5.80. The zero-order valence-corrected chi connectivity index (χ0v) is 11.2. The van der Waals surface area contributed by atoms with Gasteiger partial charge in [-0.2, -0.15) is 5.10 Å². The molecule has 0 aliphatic rings. The largest absolute Gasteiger partial charge is 0.317 e. The van der Waals surface area contributed by atoms with E-state index in [2.05, 4.69) is 24.3 Å². The van der Waals surface area contributed by atoms with Crippen molar-refractivity contribution in [2.75, 3.05) is 13.1 Å². The van der Waals surface area contributed by atoms with Gasteiger partial charge in [0.15, 0.2) is 0 Å². The van der Waals surface area contributed by atoms with E-state index in [1.807, 2.05) is 4.68 Å². The first-order chi connectivity index (χ1) is 9.11. The maximum absolute atomic E-state index is 10.8. The van der Waals surface area contributed by atoms with Crippen molar-refractivity contribution in [3.8, 4) is 0 Å². The van der Waals surface area contributed by atoms with Gasteiger partial charge < -0.3 is 5.32 Å².